The fraction of sp³-hybridized carbons (Fsp3) is 0.438. The van der Waals surface area contributed by atoms with Gasteiger partial charge in [0.15, 0.2) is 0 Å². The fourth-order valence-corrected chi connectivity index (χ4v) is 3.55. The number of nitrogens with zero attached hydrogens (tertiary/aromatic N) is 1. The van der Waals surface area contributed by atoms with E-state index in [1.54, 1.807) is 0 Å². The predicted octanol–water partition coefficient (Wildman–Crippen LogP) is 2.58. The highest BCUT2D eigenvalue weighted by molar-refractivity contribution is 5.83. The van der Waals surface area contributed by atoms with Gasteiger partial charge in [-0.1, -0.05) is 12.1 Å². The quantitative estimate of drug-likeness (QED) is 0.487. The van der Waals surface area contributed by atoms with E-state index in [9.17, 15) is 14.9 Å². The molecule has 0 radical (unpaired) electrons. The van der Waals surface area contributed by atoms with Gasteiger partial charge in [0.1, 0.15) is 16.9 Å². The van der Waals surface area contributed by atoms with Crippen molar-refractivity contribution in [3.63, 3.8) is 0 Å². The van der Waals surface area contributed by atoms with Gasteiger partial charge in [0.25, 0.3) is 0 Å². The highest BCUT2D eigenvalue weighted by Crippen LogP contribution is 2.56. The van der Waals surface area contributed by atoms with Crippen LogP contribution in [0.1, 0.15) is 29.9 Å². The Hall–Kier alpha value is -2.37. The zero-order valence-corrected chi connectivity index (χ0v) is 12.5. The lowest BCUT2D eigenvalue weighted by Crippen LogP contribution is -2.45. The fourth-order valence-electron chi connectivity index (χ4n) is 3.55. The zero-order chi connectivity index (χ0) is 15.9. The van der Waals surface area contributed by atoms with E-state index in [1.165, 1.54) is 7.11 Å². The molecule has 0 aromatic heterocycles. The van der Waals surface area contributed by atoms with Crippen molar-refractivity contribution in [2.24, 2.45) is 5.41 Å². The lowest BCUT2D eigenvalue weighted by Gasteiger charge is -2.39. The molecule has 6 nitrogen and oxygen atoms in total. The van der Waals surface area contributed by atoms with Crippen LogP contribution < -0.4 is 4.74 Å². The normalized spacial score (nSPS) is 25.5. The Morgan fingerprint density at radius 3 is 3.00 bits per heavy atom. The van der Waals surface area contributed by atoms with Crippen LogP contribution in [0.3, 0.4) is 0 Å². The smallest absolute Gasteiger partial charge is 0.320 e. The predicted molar refractivity (Wildman–Crippen MR) is 78.2 cm³/mol. The van der Waals surface area contributed by atoms with Gasteiger partial charge in [-0.25, -0.2) is 0 Å². The van der Waals surface area contributed by atoms with Gasteiger partial charge in [0.2, 0.25) is 6.54 Å². The molecule has 0 N–H and O–H groups in total. The molecule has 1 heterocycles. The summed E-state index contributed by atoms with van der Waals surface area (Å²) in [5.41, 5.74) is 0.624. The molecule has 1 aliphatic heterocycles. The molecule has 22 heavy (non-hydrogen) atoms. The Bertz CT molecular complexity index is 681. The third-order valence-electron chi connectivity index (χ3n) is 4.55. The lowest BCUT2D eigenvalue weighted by atomic mass is 9.68. The van der Waals surface area contributed by atoms with Crippen molar-refractivity contribution in [2.75, 3.05) is 13.7 Å². The van der Waals surface area contributed by atoms with E-state index in [2.05, 4.69) is 0 Å². The Morgan fingerprint density at radius 2 is 2.32 bits per heavy atom. The number of fused-ring (bicyclic) bond motifs is 2. The van der Waals surface area contributed by atoms with Gasteiger partial charge in [-0.15, -0.1) is 0 Å². The van der Waals surface area contributed by atoms with Gasteiger partial charge in [-0.2, -0.15) is 0 Å². The van der Waals surface area contributed by atoms with Crippen molar-refractivity contribution in [3.8, 4) is 5.75 Å². The minimum atomic E-state index is -1.08. The molecule has 0 fully saturated rings. The summed E-state index contributed by atoms with van der Waals surface area (Å²) >= 11 is 0. The molecule has 0 saturated carbocycles. The highest BCUT2D eigenvalue weighted by atomic mass is 16.6. The molecule has 1 aliphatic carbocycles. The highest BCUT2D eigenvalue weighted by Gasteiger charge is 2.58. The van der Waals surface area contributed by atoms with Crippen LogP contribution in [-0.4, -0.2) is 24.5 Å². The molecule has 0 unspecified atom stereocenters. The summed E-state index contributed by atoms with van der Waals surface area (Å²) in [5.74, 6) is 0.0474. The molecule has 2 atom stereocenters. The number of allylic oxidation sites excluding steroid dienone is 1. The average molecular weight is 303 g/mol. The van der Waals surface area contributed by atoms with Crippen LogP contribution in [0.5, 0.6) is 5.75 Å². The molecule has 1 aromatic rings. The van der Waals surface area contributed by atoms with E-state index in [0.717, 1.165) is 5.56 Å². The molecule has 0 amide bonds. The number of carbonyl (C=O) groups is 1. The maximum atomic E-state index is 12.5. The summed E-state index contributed by atoms with van der Waals surface area (Å²) in [4.78, 5) is 23.3. The number of benzene rings is 1. The summed E-state index contributed by atoms with van der Waals surface area (Å²) in [6.45, 7) is 1.60. The summed E-state index contributed by atoms with van der Waals surface area (Å²) in [6.07, 6.45) is 2.96. The molecular formula is C16H17NO5. The van der Waals surface area contributed by atoms with E-state index >= 15 is 0 Å². The first-order chi connectivity index (χ1) is 10.5. The van der Waals surface area contributed by atoms with Gasteiger partial charge < -0.3 is 9.47 Å². The van der Waals surface area contributed by atoms with Gasteiger partial charge in [-0.3, -0.25) is 14.9 Å². The topological polar surface area (TPSA) is 78.7 Å². The molecular weight excluding hydrogens is 286 g/mol. The van der Waals surface area contributed by atoms with Gasteiger partial charge >= 0.3 is 5.97 Å². The number of esters is 1. The molecule has 6 heteroatoms. The number of carbonyl (C=O) groups excluding carboxylic acids is 1. The third-order valence-corrected chi connectivity index (χ3v) is 4.55. The van der Waals surface area contributed by atoms with Crippen molar-refractivity contribution in [1.82, 2.24) is 0 Å². The number of rotatable bonds is 3. The number of ether oxygens (including phenoxy) is 2. The Kier molecular flexibility index (Phi) is 3.39. The van der Waals surface area contributed by atoms with Crippen LogP contribution in [0.25, 0.3) is 0 Å². The third kappa shape index (κ3) is 1.98. The first-order valence-corrected chi connectivity index (χ1v) is 7.18. The van der Waals surface area contributed by atoms with Crippen molar-refractivity contribution < 1.29 is 19.2 Å². The standard InChI is InChI=1S/C16H17NO5/c1-10-5-6-11-12(9-17(19)20)16(15(18)21-2)7-3-4-14(16)22-13(11)8-10/h4-6,8,12H,3,7,9H2,1-2H3/t12-,16+/m1/s1. The first-order valence-electron chi connectivity index (χ1n) is 7.18. The van der Waals surface area contributed by atoms with E-state index in [0.29, 0.717) is 29.9 Å². The first kappa shape index (κ1) is 14.6. The summed E-state index contributed by atoms with van der Waals surface area (Å²) < 4.78 is 10.9. The SMILES string of the molecule is COC(=O)[C@]12CCC=C1Oc1cc(C)ccc1[C@H]2C[N+](=O)[O-]. The van der Waals surface area contributed by atoms with Crippen LogP contribution in [-0.2, 0) is 9.53 Å². The minimum Gasteiger partial charge on any atom is -0.468 e. The largest absolute Gasteiger partial charge is 0.468 e. The Morgan fingerprint density at radius 1 is 1.55 bits per heavy atom. The Balaban J connectivity index is 2.19. The van der Waals surface area contributed by atoms with Gasteiger partial charge in [0, 0.05) is 10.5 Å². The van der Waals surface area contributed by atoms with Crippen molar-refractivity contribution in [3.05, 3.63) is 51.3 Å². The molecule has 1 aromatic carbocycles. The molecule has 3 rings (SSSR count). The molecule has 2 aliphatic rings. The van der Waals surface area contributed by atoms with Crippen molar-refractivity contribution in [1.29, 1.82) is 0 Å². The molecule has 0 saturated heterocycles. The maximum Gasteiger partial charge on any atom is 0.320 e. The van der Waals surface area contributed by atoms with Gasteiger partial charge in [0.05, 0.1) is 13.0 Å². The second-order valence-corrected chi connectivity index (χ2v) is 5.78. The minimum absolute atomic E-state index is 0.328. The number of aryl methyl sites for hydroxylation is 1. The summed E-state index contributed by atoms with van der Waals surface area (Å²) in [5, 5.41) is 11.2. The zero-order valence-electron chi connectivity index (χ0n) is 12.5. The second kappa shape index (κ2) is 5.12. The number of hydrogen-bond donors (Lipinski definition) is 0. The van der Waals surface area contributed by atoms with Crippen LogP contribution in [0.2, 0.25) is 0 Å². The van der Waals surface area contributed by atoms with E-state index < -0.39 is 17.3 Å². The number of methoxy groups -OCH3 is 1. The van der Waals surface area contributed by atoms with Crippen LogP contribution in [0.4, 0.5) is 0 Å². The second-order valence-electron chi connectivity index (χ2n) is 5.78. The van der Waals surface area contributed by atoms with Crippen LogP contribution in [0.15, 0.2) is 30.0 Å². The van der Waals surface area contributed by atoms with Crippen molar-refractivity contribution >= 4 is 5.97 Å². The van der Waals surface area contributed by atoms with Crippen LogP contribution >= 0.6 is 0 Å². The summed E-state index contributed by atoms with van der Waals surface area (Å²) in [7, 11) is 1.31. The molecule has 0 spiro atoms. The molecule has 116 valence electrons. The summed E-state index contributed by atoms with van der Waals surface area (Å²) in [6, 6.07) is 5.55. The lowest BCUT2D eigenvalue weighted by molar-refractivity contribution is -0.486. The van der Waals surface area contributed by atoms with E-state index in [4.69, 9.17) is 9.47 Å². The Labute approximate surface area is 127 Å². The number of nitro groups is 1. The monoisotopic (exact) mass is 303 g/mol. The van der Waals surface area contributed by atoms with Crippen molar-refractivity contribution in [2.45, 2.75) is 25.7 Å². The average Bonchev–Trinajstić information content (AvgIpc) is 2.90. The van der Waals surface area contributed by atoms with Gasteiger partial charge in [-0.05, 0) is 37.5 Å². The maximum absolute atomic E-state index is 12.5. The van der Waals surface area contributed by atoms with E-state index in [1.807, 2.05) is 31.2 Å². The number of hydrogen-bond acceptors (Lipinski definition) is 5. The molecule has 0 bridgehead atoms. The van der Waals surface area contributed by atoms with E-state index in [-0.39, 0.29) is 11.5 Å². The van der Waals surface area contributed by atoms with Crippen LogP contribution in [0, 0.1) is 22.5 Å².